The normalized spacial score (nSPS) is 10.4. The van der Waals surface area contributed by atoms with Crippen LogP contribution in [0.1, 0.15) is 38.5 Å². The van der Waals surface area contributed by atoms with Crippen molar-refractivity contribution in [2.24, 2.45) is 0 Å². The van der Waals surface area contributed by atoms with E-state index >= 15 is 0 Å². The quantitative estimate of drug-likeness (QED) is 0.793. The first-order valence-corrected chi connectivity index (χ1v) is 7.32. The van der Waals surface area contributed by atoms with Gasteiger partial charge in [-0.1, -0.05) is 0 Å². The van der Waals surface area contributed by atoms with Crippen LogP contribution in [-0.4, -0.2) is 35.4 Å². The molecule has 0 unspecified atom stereocenters. The van der Waals surface area contributed by atoms with E-state index in [1.165, 1.54) is 4.90 Å². The van der Waals surface area contributed by atoms with E-state index < -0.39 is 5.97 Å². The summed E-state index contributed by atoms with van der Waals surface area (Å²) in [5, 5.41) is 1.75. The molecule has 0 saturated carbocycles. The third kappa shape index (κ3) is 3.49. The number of hydrogen-bond donors (Lipinski definition) is 0. The third-order valence-electron chi connectivity index (χ3n) is 2.89. The lowest BCUT2D eigenvalue weighted by atomic mass is 10.2. The number of thiazole rings is 1. The van der Waals surface area contributed by atoms with Crippen molar-refractivity contribution in [3.63, 3.8) is 0 Å². The van der Waals surface area contributed by atoms with Gasteiger partial charge in [-0.2, -0.15) is 0 Å². The highest BCUT2D eigenvalue weighted by molar-refractivity contribution is 7.11. The molecule has 21 heavy (non-hydrogen) atoms. The van der Waals surface area contributed by atoms with Crippen LogP contribution >= 0.6 is 11.3 Å². The number of amides is 1. The summed E-state index contributed by atoms with van der Waals surface area (Å²) in [4.78, 5) is 29.4. The number of nitrogens with zero attached hydrogens (tertiary/aromatic N) is 2. The highest BCUT2D eigenvalue weighted by Gasteiger charge is 2.19. The van der Waals surface area contributed by atoms with Crippen LogP contribution in [-0.2, 0) is 11.3 Å². The molecule has 2 aromatic rings. The van der Waals surface area contributed by atoms with E-state index in [2.05, 4.69) is 4.98 Å². The maximum absolute atomic E-state index is 12.3. The second kappa shape index (κ2) is 6.53. The van der Waals surface area contributed by atoms with Gasteiger partial charge in [0.05, 0.1) is 12.9 Å². The smallest absolute Gasteiger partial charge is 0.367 e. The molecule has 0 aromatic carbocycles. The minimum absolute atomic E-state index is 0.188. The summed E-state index contributed by atoms with van der Waals surface area (Å²) in [6.07, 6.45) is 1.59. The summed E-state index contributed by atoms with van der Waals surface area (Å²) >= 11 is 1.10. The molecule has 0 bridgehead atoms. The van der Waals surface area contributed by atoms with Gasteiger partial charge in [0, 0.05) is 24.5 Å². The number of furan rings is 1. The second-order valence-corrected chi connectivity index (χ2v) is 5.28. The fourth-order valence-electron chi connectivity index (χ4n) is 1.76. The molecular weight excluding hydrogens is 292 g/mol. The van der Waals surface area contributed by atoms with Gasteiger partial charge >= 0.3 is 5.97 Å². The van der Waals surface area contributed by atoms with Crippen molar-refractivity contribution >= 4 is 23.2 Å². The van der Waals surface area contributed by atoms with E-state index in [1.807, 2.05) is 13.0 Å². The van der Waals surface area contributed by atoms with Gasteiger partial charge in [-0.3, -0.25) is 4.79 Å². The Morgan fingerprint density at radius 3 is 2.86 bits per heavy atom. The number of esters is 1. The molecule has 112 valence electrons. The standard InChI is InChI=1S/C14H16N2O4S/c1-4-19-14(18)12-15-11(8-21-12)13(17)16(3)7-10-5-6-20-9(10)2/h5-6,8H,4,7H2,1-3H3. The van der Waals surface area contributed by atoms with E-state index in [1.54, 1.807) is 25.6 Å². The van der Waals surface area contributed by atoms with E-state index in [0.717, 1.165) is 22.7 Å². The molecule has 6 nitrogen and oxygen atoms in total. The van der Waals surface area contributed by atoms with Crippen molar-refractivity contribution in [2.45, 2.75) is 20.4 Å². The Balaban J connectivity index is 2.06. The van der Waals surface area contributed by atoms with Gasteiger partial charge in [0.1, 0.15) is 11.5 Å². The molecule has 0 spiro atoms. The third-order valence-corrected chi connectivity index (χ3v) is 3.72. The first-order valence-electron chi connectivity index (χ1n) is 6.44. The maximum Gasteiger partial charge on any atom is 0.367 e. The van der Waals surface area contributed by atoms with Crippen LogP contribution in [0.25, 0.3) is 0 Å². The Morgan fingerprint density at radius 1 is 1.48 bits per heavy atom. The van der Waals surface area contributed by atoms with Crippen LogP contribution in [0.2, 0.25) is 0 Å². The van der Waals surface area contributed by atoms with Gasteiger partial charge in [0.25, 0.3) is 5.91 Å². The molecule has 0 radical (unpaired) electrons. The lowest BCUT2D eigenvalue weighted by molar-refractivity contribution is 0.0526. The number of rotatable bonds is 5. The molecule has 2 rings (SSSR count). The van der Waals surface area contributed by atoms with Crippen molar-refractivity contribution in [1.82, 2.24) is 9.88 Å². The second-order valence-electron chi connectivity index (χ2n) is 4.42. The van der Waals surface area contributed by atoms with Crippen LogP contribution in [0.4, 0.5) is 0 Å². The molecule has 0 fully saturated rings. The number of carbonyl (C=O) groups excluding carboxylic acids is 2. The Bertz CT molecular complexity index is 647. The molecule has 0 aliphatic carbocycles. The van der Waals surface area contributed by atoms with Gasteiger partial charge in [-0.15, -0.1) is 11.3 Å². The lowest BCUT2D eigenvalue weighted by Crippen LogP contribution is -2.26. The van der Waals surface area contributed by atoms with Crippen LogP contribution in [0.15, 0.2) is 22.1 Å². The van der Waals surface area contributed by atoms with Gasteiger partial charge in [0.15, 0.2) is 0 Å². The fourth-order valence-corrected chi connectivity index (χ4v) is 2.44. The van der Waals surface area contributed by atoms with Gasteiger partial charge in [-0.25, -0.2) is 9.78 Å². The molecular formula is C14H16N2O4S. The molecule has 2 aromatic heterocycles. The predicted molar refractivity (Wildman–Crippen MR) is 77.3 cm³/mol. The van der Waals surface area contributed by atoms with Gasteiger partial charge in [0.2, 0.25) is 5.01 Å². The van der Waals surface area contributed by atoms with Crippen LogP contribution in [0, 0.1) is 6.92 Å². The van der Waals surface area contributed by atoms with Gasteiger partial charge < -0.3 is 14.1 Å². The monoisotopic (exact) mass is 308 g/mol. The summed E-state index contributed by atoms with van der Waals surface area (Å²) in [6, 6.07) is 1.82. The number of aromatic nitrogens is 1. The largest absolute Gasteiger partial charge is 0.469 e. The van der Waals surface area contributed by atoms with Crippen molar-refractivity contribution < 1.29 is 18.7 Å². The van der Waals surface area contributed by atoms with E-state index in [0.29, 0.717) is 6.54 Å². The average molecular weight is 308 g/mol. The summed E-state index contributed by atoms with van der Waals surface area (Å²) in [5.41, 5.74) is 1.18. The zero-order chi connectivity index (χ0) is 15.4. The van der Waals surface area contributed by atoms with Crippen molar-refractivity contribution in [2.75, 3.05) is 13.7 Å². The van der Waals surface area contributed by atoms with Crippen LogP contribution in [0.5, 0.6) is 0 Å². The van der Waals surface area contributed by atoms with E-state index in [4.69, 9.17) is 9.15 Å². The van der Waals surface area contributed by atoms with Crippen molar-refractivity contribution in [1.29, 1.82) is 0 Å². The summed E-state index contributed by atoms with van der Waals surface area (Å²) < 4.78 is 10.1. The Labute approximate surface area is 126 Å². The molecule has 0 atom stereocenters. The summed E-state index contributed by atoms with van der Waals surface area (Å²) in [5.74, 6) is 0.0254. The SMILES string of the molecule is CCOC(=O)c1nc(C(=O)N(C)Cc2ccoc2C)cs1. The van der Waals surface area contributed by atoms with Crippen molar-refractivity contribution in [3.05, 3.63) is 39.7 Å². The maximum atomic E-state index is 12.3. The lowest BCUT2D eigenvalue weighted by Gasteiger charge is -2.15. The van der Waals surface area contributed by atoms with Crippen LogP contribution < -0.4 is 0 Å². The molecule has 0 saturated heterocycles. The number of aryl methyl sites for hydroxylation is 1. The molecule has 0 aliphatic rings. The molecule has 0 N–H and O–H groups in total. The molecule has 2 heterocycles. The van der Waals surface area contributed by atoms with Crippen molar-refractivity contribution in [3.8, 4) is 0 Å². The highest BCUT2D eigenvalue weighted by Crippen LogP contribution is 2.15. The Hall–Kier alpha value is -2.15. The Morgan fingerprint density at radius 2 is 2.24 bits per heavy atom. The topological polar surface area (TPSA) is 72.6 Å². The molecule has 1 amide bonds. The fraction of sp³-hybridized carbons (Fsp3) is 0.357. The zero-order valence-corrected chi connectivity index (χ0v) is 12.9. The summed E-state index contributed by atoms with van der Waals surface area (Å²) in [7, 11) is 1.68. The minimum atomic E-state index is -0.505. The zero-order valence-electron chi connectivity index (χ0n) is 12.1. The average Bonchev–Trinajstić information content (AvgIpc) is 3.08. The first-order chi connectivity index (χ1) is 10.0. The summed E-state index contributed by atoms with van der Waals surface area (Å²) in [6.45, 7) is 4.27. The number of hydrogen-bond acceptors (Lipinski definition) is 6. The van der Waals surface area contributed by atoms with E-state index in [-0.39, 0.29) is 23.2 Å². The van der Waals surface area contributed by atoms with Gasteiger partial charge in [-0.05, 0) is 19.9 Å². The van der Waals surface area contributed by atoms with E-state index in [9.17, 15) is 9.59 Å². The molecule has 7 heteroatoms. The minimum Gasteiger partial charge on any atom is -0.469 e. The number of ether oxygens (including phenoxy) is 1. The first kappa shape index (κ1) is 15.2. The Kier molecular flexibility index (Phi) is 4.74. The van der Waals surface area contributed by atoms with Crippen LogP contribution in [0.3, 0.4) is 0 Å². The molecule has 0 aliphatic heterocycles. The predicted octanol–water partition coefficient (Wildman–Crippen LogP) is 2.49. The highest BCUT2D eigenvalue weighted by atomic mass is 32.1. The number of carbonyl (C=O) groups is 2.